The summed E-state index contributed by atoms with van der Waals surface area (Å²) in [5.74, 6) is 0.915. The van der Waals surface area contributed by atoms with Crippen molar-refractivity contribution in [1.29, 1.82) is 0 Å². The number of carbonyl (C=O) groups is 1. The van der Waals surface area contributed by atoms with Gasteiger partial charge in [-0.05, 0) is 24.3 Å². The molecule has 0 atom stereocenters. The number of piperazine rings is 1. The summed E-state index contributed by atoms with van der Waals surface area (Å²) in [4.78, 5) is 20.7. The lowest BCUT2D eigenvalue weighted by molar-refractivity contribution is -0.129. The summed E-state index contributed by atoms with van der Waals surface area (Å²) in [6, 6.07) is 17.6. The molecule has 2 aromatic carbocycles. The topological polar surface area (TPSA) is 83.2 Å². The van der Waals surface area contributed by atoms with E-state index in [0.29, 0.717) is 13.1 Å². The predicted octanol–water partition coefficient (Wildman–Crippen LogP) is 1.77. The summed E-state index contributed by atoms with van der Waals surface area (Å²) in [5, 5.41) is 2.97. The largest absolute Gasteiger partial charge is 0.497 e. The number of benzene rings is 2. The third kappa shape index (κ3) is 5.13. The fourth-order valence-corrected chi connectivity index (χ4v) is 2.99. The van der Waals surface area contributed by atoms with Gasteiger partial charge in [-0.2, -0.15) is 0 Å². The van der Waals surface area contributed by atoms with Gasteiger partial charge in [-0.3, -0.25) is 4.79 Å². The summed E-state index contributed by atoms with van der Waals surface area (Å²) >= 11 is 0. The molecule has 1 saturated heterocycles. The Hall–Kier alpha value is -3.22. The molecular weight excluding hydrogens is 342 g/mol. The molecule has 1 amide bonds. The molecule has 7 nitrogen and oxygen atoms in total. The molecule has 0 spiro atoms. The van der Waals surface area contributed by atoms with E-state index >= 15 is 0 Å². The Morgan fingerprint density at radius 3 is 2.56 bits per heavy atom. The maximum absolute atomic E-state index is 12.4. The molecule has 0 radical (unpaired) electrons. The first-order chi connectivity index (χ1) is 13.2. The molecule has 0 aromatic heterocycles. The number of anilines is 2. The van der Waals surface area contributed by atoms with Crippen molar-refractivity contribution in [1.82, 2.24) is 4.90 Å². The summed E-state index contributed by atoms with van der Waals surface area (Å²) in [6.07, 6.45) is 0. The molecular formula is C20H25N5O2. The Morgan fingerprint density at radius 2 is 1.85 bits per heavy atom. The molecule has 2 aromatic rings. The number of nitrogens with two attached hydrogens (primary N) is 1. The van der Waals surface area contributed by atoms with Gasteiger partial charge in [0.05, 0.1) is 7.11 Å². The fourth-order valence-electron chi connectivity index (χ4n) is 2.99. The number of aliphatic imine (C=N–C) groups is 1. The summed E-state index contributed by atoms with van der Waals surface area (Å²) in [7, 11) is 1.60. The average molecular weight is 367 g/mol. The summed E-state index contributed by atoms with van der Waals surface area (Å²) in [6.45, 7) is 3.04. The first-order valence-corrected chi connectivity index (χ1v) is 8.94. The molecule has 1 fully saturated rings. The SMILES string of the molecule is COc1cccc(NC(N)=NCC(=O)N2CCN(c3ccccc3)CC2)c1. The number of carbonyl (C=O) groups excluding carboxylic acids is 1. The van der Waals surface area contributed by atoms with E-state index in [4.69, 9.17) is 10.5 Å². The molecule has 7 heteroatoms. The van der Waals surface area contributed by atoms with Crippen LogP contribution < -0.4 is 20.7 Å². The lowest BCUT2D eigenvalue weighted by Gasteiger charge is -2.35. The molecule has 142 valence electrons. The van der Waals surface area contributed by atoms with E-state index in [-0.39, 0.29) is 18.4 Å². The van der Waals surface area contributed by atoms with Crippen molar-refractivity contribution in [2.45, 2.75) is 0 Å². The normalized spacial score (nSPS) is 14.8. The van der Waals surface area contributed by atoms with Crippen LogP contribution in [0.5, 0.6) is 5.75 Å². The van der Waals surface area contributed by atoms with E-state index < -0.39 is 0 Å². The van der Waals surface area contributed by atoms with E-state index in [1.54, 1.807) is 7.11 Å². The van der Waals surface area contributed by atoms with Gasteiger partial charge in [0.15, 0.2) is 5.96 Å². The standard InChI is InChI=1S/C20H25N5O2/c1-27-18-9-5-6-16(14-18)23-20(21)22-15-19(26)25-12-10-24(11-13-25)17-7-3-2-4-8-17/h2-9,14H,10-13,15H2,1H3,(H3,21,22,23). The van der Waals surface area contributed by atoms with Crippen LogP contribution >= 0.6 is 0 Å². The lowest BCUT2D eigenvalue weighted by atomic mass is 10.2. The number of hydrogen-bond acceptors (Lipinski definition) is 4. The second kappa shape index (κ2) is 8.93. The van der Waals surface area contributed by atoms with Crippen LogP contribution in [0.15, 0.2) is 59.6 Å². The highest BCUT2D eigenvalue weighted by atomic mass is 16.5. The van der Waals surface area contributed by atoms with E-state index in [1.165, 1.54) is 5.69 Å². The van der Waals surface area contributed by atoms with E-state index in [0.717, 1.165) is 24.5 Å². The van der Waals surface area contributed by atoms with Crippen molar-refractivity contribution >= 4 is 23.2 Å². The van der Waals surface area contributed by atoms with Crippen LogP contribution in [0.25, 0.3) is 0 Å². The zero-order valence-corrected chi connectivity index (χ0v) is 15.5. The molecule has 3 rings (SSSR count). The molecule has 0 bridgehead atoms. The Kier molecular flexibility index (Phi) is 6.14. The number of guanidine groups is 1. The minimum atomic E-state index is -0.0156. The van der Waals surface area contributed by atoms with Crippen LogP contribution in [-0.2, 0) is 4.79 Å². The predicted molar refractivity (Wildman–Crippen MR) is 108 cm³/mol. The third-order valence-electron chi connectivity index (χ3n) is 4.48. The minimum Gasteiger partial charge on any atom is -0.497 e. The molecule has 0 saturated carbocycles. The van der Waals surface area contributed by atoms with Gasteiger partial charge in [-0.25, -0.2) is 4.99 Å². The highest BCUT2D eigenvalue weighted by Gasteiger charge is 2.20. The quantitative estimate of drug-likeness (QED) is 0.622. The van der Waals surface area contributed by atoms with Crippen molar-refractivity contribution in [2.75, 3.05) is 50.1 Å². The molecule has 1 aliphatic heterocycles. The lowest BCUT2D eigenvalue weighted by Crippen LogP contribution is -2.49. The molecule has 27 heavy (non-hydrogen) atoms. The monoisotopic (exact) mass is 367 g/mol. The first kappa shape index (κ1) is 18.6. The van der Waals surface area contributed by atoms with Crippen LogP contribution in [-0.4, -0.2) is 56.6 Å². The van der Waals surface area contributed by atoms with Gasteiger partial charge in [0.25, 0.3) is 0 Å². The number of hydrogen-bond donors (Lipinski definition) is 2. The van der Waals surface area contributed by atoms with Crippen molar-refractivity contribution in [3.05, 3.63) is 54.6 Å². The Balaban J connectivity index is 1.48. The highest BCUT2D eigenvalue weighted by Crippen LogP contribution is 2.17. The first-order valence-electron chi connectivity index (χ1n) is 8.94. The average Bonchev–Trinajstić information content (AvgIpc) is 2.73. The zero-order chi connectivity index (χ0) is 19.1. The van der Waals surface area contributed by atoms with E-state index in [1.807, 2.05) is 47.4 Å². The fraction of sp³-hybridized carbons (Fsp3) is 0.300. The van der Waals surface area contributed by atoms with Crippen molar-refractivity contribution in [3.63, 3.8) is 0 Å². The smallest absolute Gasteiger partial charge is 0.244 e. The van der Waals surface area contributed by atoms with Crippen LogP contribution in [0.1, 0.15) is 0 Å². The van der Waals surface area contributed by atoms with Crippen LogP contribution in [0, 0.1) is 0 Å². The molecule has 1 heterocycles. The van der Waals surface area contributed by atoms with Gasteiger partial charge in [0.1, 0.15) is 12.3 Å². The number of nitrogens with one attached hydrogen (secondary N) is 1. The second-order valence-corrected chi connectivity index (χ2v) is 6.26. The Morgan fingerprint density at radius 1 is 1.11 bits per heavy atom. The van der Waals surface area contributed by atoms with Crippen LogP contribution in [0.2, 0.25) is 0 Å². The highest BCUT2D eigenvalue weighted by molar-refractivity contribution is 5.94. The maximum atomic E-state index is 12.4. The van der Waals surface area contributed by atoms with E-state index in [9.17, 15) is 4.79 Å². The minimum absolute atomic E-state index is 0.0156. The zero-order valence-electron chi connectivity index (χ0n) is 15.5. The van der Waals surface area contributed by atoms with Gasteiger partial charge in [0, 0.05) is 43.6 Å². The van der Waals surface area contributed by atoms with Crippen LogP contribution in [0.3, 0.4) is 0 Å². The summed E-state index contributed by atoms with van der Waals surface area (Å²) in [5.41, 5.74) is 7.84. The Bertz CT molecular complexity index is 786. The van der Waals surface area contributed by atoms with Gasteiger partial charge in [0.2, 0.25) is 5.91 Å². The number of rotatable bonds is 5. The summed E-state index contributed by atoms with van der Waals surface area (Å²) < 4.78 is 5.17. The van der Waals surface area contributed by atoms with Gasteiger partial charge in [-0.15, -0.1) is 0 Å². The van der Waals surface area contributed by atoms with Gasteiger partial charge < -0.3 is 25.6 Å². The number of nitrogens with zero attached hydrogens (tertiary/aromatic N) is 3. The van der Waals surface area contributed by atoms with Crippen molar-refractivity contribution < 1.29 is 9.53 Å². The molecule has 0 unspecified atom stereocenters. The molecule has 0 aliphatic carbocycles. The third-order valence-corrected chi connectivity index (χ3v) is 4.48. The molecule has 3 N–H and O–H groups in total. The van der Waals surface area contributed by atoms with Crippen molar-refractivity contribution in [3.8, 4) is 5.75 Å². The molecule has 1 aliphatic rings. The number of para-hydroxylation sites is 1. The maximum Gasteiger partial charge on any atom is 0.244 e. The van der Waals surface area contributed by atoms with Crippen molar-refractivity contribution in [2.24, 2.45) is 10.7 Å². The number of methoxy groups -OCH3 is 1. The Labute approximate surface area is 159 Å². The number of ether oxygens (including phenoxy) is 1. The number of amides is 1. The second-order valence-electron chi connectivity index (χ2n) is 6.26. The van der Waals surface area contributed by atoms with Gasteiger partial charge in [-0.1, -0.05) is 24.3 Å². The van der Waals surface area contributed by atoms with E-state index in [2.05, 4.69) is 27.3 Å². The van der Waals surface area contributed by atoms with Crippen LogP contribution in [0.4, 0.5) is 11.4 Å². The van der Waals surface area contributed by atoms with Gasteiger partial charge >= 0.3 is 0 Å².